The van der Waals surface area contributed by atoms with Gasteiger partial charge in [0.1, 0.15) is 5.69 Å². The van der Waals surface area contributed by atoms with Crippen molar-refractivity contribution in [1.82, 2.24) is 0 Å². The van der Waals surface area contributed by atoms with Gasteiger partial charge in [0.15, 0.2) is 0 Å². The van der Waals surface area contributed by atoms with Crippen LogP contribution < -0.4 is 10.3 Å². The van der Waals surface area contributed by atoms with Crippen LogP contribution in [0.3, 0.4) is 0 Å². The Labute approximate surface area is 159 Å². The molecule has 0 radical (unpaired) electrons. The molecule has 1 amide bonds. The fourth-order valence-electron chi connectivity index (χ4n) is 2.91. The van der Waals surface area contributed by atoms with Crippen molar-refractivity contribution in [3.63, 3.8) is 0 Å². The molecule has 0 aliphatic carbocycles. The van der Waals surface area contributed by atoms with Crippen molar-refractivity contribution < 1.29 is 14.6 Å². The minimum Gasteiger partial charge on any atom is -0.312 e. The fourth-order valence-corrected chi connectivity index (χ4v) is 2.91. The summed E-state index contributed by atoms with van der Waals surface area (Å²) >= 11 is 0. The van der Waals surface area contributed by atoms with E-state index in [-0.39, 0.29) is 17.3 Å². The Morgan fingerprint density at radius 1 is 1.14 bits per heavy atom. The van der Waals surface area contributed by atoms with Crippen LogP contribution in [0.5, 0.6) is 0 Å². The van der Waals surface area contributed by atoms with Crippen molar-refractivity contribution in [3.05, 3.63) is 68.3 Å². The molecular formula is C18H17N5O5. The Kier molecular flexibility index (Phi) is 5.30. The molecule has 10 nitrogen and oxygen atoms in total. The Morgan fingerprint density at radius 2 is 1.93 bits per heavy atom. The highest BCUT2D eigenvalue weighted by molar-refractivity contribution is 6.01. The van der Waals surface area contributed by atoms with Gasteiger partial charge in [-0.2, -0.15) is 5.10 Å². The predicted octanol–water partition coefficient (Wildman–Crippen LogP) is 3.47. The monoisotopic (exact) mass is 383 g/mol. The molecule has 1 N–H and O–H groups in total. The van der Waals surface area contributed by atoms with Crippen LogP contribution in [0.15, 0.2) is 47.6 Å². The number of carbonyl (C=O) groups is 1. The number of amides is 1. The maximum absolute atomic E-state index is 11.9. The Bertz CT molecular complexity index is 988. The average Bonchev–Trinajstić information content (AvgIpc) is 3.11. The molecule has 0 saturated carbocycles. The Hall–Kier alpha value is -3.82. The standard InChI is InChI=1S/C18H17N5O5/c1-12(13-4-2-5-14(10-13)21-9-3-6-18(21)24)19-20-16-8-7-15(22(25)26)11-17(16)23(27)28/h2,4-5,7-8,10-11,20H,3,6,9H2,1H3/b19-12-. The van der Waals surface area contributed by atoms with Gasteiger partial charge in [-0.1, -0.05) is 12.1 Å². The van der Waals surface area contributed by atoms with E-state index < -0.39 is 15.5 Å². The lowest BCUT2D eigenvalue weighted by Gasteiger charge is -2.16. The molecule has 1 fully saturated rings. The first-order chi connectivity index (χ1) is 13.4. The molecule has 0 aromatic heterocycles. The summed E-state index contributed by atoms with van der Waals surface area (Å²) in [5, 5.41) is 26.2. The van der Waals surface area contributed by atoms with Gasteiger partial charge in [-0.3, -0.25) is 30.4 Å². The topological polar surface area (TPSA) is 131 Å². The molecule has 28 heavy (non-hydrogen) atoms. The third-order valence-corrected chi connectivity index (χ3v) is 4.38. The molecule has 3 rings (SSSR count). The minimum absolute atomic E-state index is 0.0424. The number of rotatable bonds is 6. The highest BCUT2D eigenvalue weighted by Crippen LogP contribution is 2.29. The number of anilines is 2. The van der Waals surface area contributed by atoms with Crippen LogP contribution in [0, 0.1) is 20.2 Å². The van der Waals surface area contributed by atoms with Crippen molar-refractivity contribution in [3.8, 4) is 0 Å². The van der Waals surface area contributed by atoms with Gasteiger partial charge in [-0.05, 0) is 37.1 Å². The van der Waals surface area contributed by atoms with Crippen molar-refractivity contribution in [2.24, 2.45) is 5.10 Å². The summed E-state index contributed by atoms with van der Waals surface area (Å²) in [5.41, 5.74) is 3.89. The second kappa shape index (κ2) is 7.82. The number of hydrazone groups is 1. The molecule has 0 spiro atoms. The van der Waals surface area contributed by atoms with Gasteiger partial charge in [-0.25, -0.2) is 0 Å². The van der Waals surface area contributed by atoms with Crippen molar-refractivity contribution in [2.45, 2.75) is 19.8 Å². The molecule has 10 heteroatoms. The molecular weight excluding hydrogens is 366 g/mol. The lowest BCUT2D eigenvalue weighted by atomic mass is 10.1. The van der Waals surface area contributed by atoms with Crippen molar-refractivity contribution >= 4 is 34.4 Å². The molecule has 1 saturated heterocycles. The average molecular weight is 383 g/mol. The van der Waals surface area contributed by atoms with Gasteiger partial charge in [0, 0.05) is 24.7 Å². The Balaban J connectivity index is 1.84. The third-order valence-electron chi connectivity index (χ3n) is 4.38. The third kappa shape index (κ3) is 3.95. The molecule has 1 aliphatic heterocycles. The summed E-state index contributed by atoms with van der Waals surface area (Å²) < 4.78 is 0. The van der Waals surface area contributed by atoms with Gasteiger partial charge < -0.3 is 4.90 Å². The van der Waals surface area contributed by atoms with E-state index in [0.29, 0.717) is 18.7 Å². The second-order valence-corrected chi connectivity index (χ2v) is 6.22. The Morgan fingerprint density at radius 3 is 2.57 bits per heavy atom. The summed E-state index contributed by atoms with van der Waals surface area (Å²) in [4.78, 5) is 34.2. The second-order valence-electron chi connectivity index (χ2n) is 6.22. The van der Waals surface area contributed by atoms with Crippen LogP contribution in [0.4, 0.5) is 22.7 Å². The molecule has 1 heterocycles. The zero-order chi connectivity index (χ0) is 20.3. The number of carbonyl (C=O) groups excluding carboxylic acids is 1. The lowest BCUT2D eigenvalue weighted by Crippen LogP contribution is -2.23. The number of nitrogens with zero attached hydrogens (tertiary/aromatic N) is 4. The molecule has 0 unspecified atom stereocenters. The maximum atomic E-state index is 11.9. The van der Waals surface area contributed by atoms with E-state index in [0.717, 1.165) is 23.7 Å². The first-order valence-electron chi connectivity index (χ1n) is 8.51. The van der Waals surface area contributed by atoms with E-state index in [1.165, 1.54) is 12.1 Å². The van der Waals surface area contributed by atoms with Crippen LogP contribution >= 0.6 is 0 Å². The van der Waals surface area contributed by atoms with Crippen LogP contribution in [-0.2, 0) is 4.79 Å². The van der Waals surface area contributed by atoms with E-state index in [1.54, 1.807) is 11.8 Å². The fraction of sp³-hybridized carbons (Fsp3) is 0.222. The van der Waals surface area contributed by atoms with Crippen LogP contribution in [-0.4, -0.2) is 28.0 Å². The van der Waals surface area contributed by atoms with Crippen LogP contribution in [0.2, 0.25) is 0 Å². The van der Waals surface area contributed by atoms with Crippen molar-refractivity contribution in [1.29, 1.82) is 0 Å². The van der Waals surface area contributed by atoms with Gasteiger partial charge in [-0.15, -0.1) is 0 Å². The van der Waals surface area contributed by atoms with Gasteiger partial charge >= 0.3 is 5.69 Å². The maximum Gasteiger partial charge on any atom is 0.301 e. The van der Waals surface area contributed by atoms with Crippen LogP contribution in [0.25, 0.3) is 0 Å². The number of nitro benzene ring substituents is 2. The number of hydrogen-bond acceptors (Lipinski definition) is 7. The molecule has 0 bridgehead atoms. The SMILES string of the molecule is C/C(=N/Nc1ccc([N+](=O)[O-])cc1[N+](=O)[O-])c1cccc(N2CCCC2=O)c1. The predicted molar refractivity (Wildman–Crippen MR) is 104 cm³/mol. The lowest BCUT2D eigenvalue weighted by molar-refractivity contribution is -0.393. The van der Waals surface area contributed by atoms with Gasteiger partial charge in [0.05, 0.1) is 21.6 Å². The number of hydrogen-bond donors (Lipinski definition) is 1. The molecule has 144 valence electrons. The quantitative estimate of drug-likeness (QED) is 0.462. The van der Waals surface area contributed by atoms with Crippen molar-refractivity contribution in [2.75, 3.05) is 16.9 Å². The molecule has 2 aromatic rings. The zero-order valence-corrected chi connectivity index (χ0v) is 15.0. The van der Waals surface area contributed by atoms with E-state index in [4.69, 9.17) is 0 Å². The molecule has 1 aliphatic rings. The number of non-ortho nitro benzene ring substituents is 1. The highest BCUT2D eigenvalue weighted by Gasteiger charge is 2.22. The van der Waals surface area contributed by atoms with Gasteiger partial charge in [0.25, 0.3) is 5.69 Å². The molecule has 0 atom stereocenters. The number of nitro groups is 2. The van der Waals surface area contributed by atoms with E-state index in [9.17, 15) is 25.0 Å². The normalized spacial score (nSPS) is 14.2. The van der Waals surface area contributed by atoms with E-state index in [2.05, 4.69) is 10.5 Å². The van der Waals surface area contributed by atoms with E-state index >= 15 is 0 Å². The first-order valence-corrected chi connectivity index (χ1v) is 8.51. The van der Waals surface area contributed by atoms with Gasteiger partial charge in [0.2, 0.25) is 5.91 Å². The minimum atomic E-state index is -0.709. The summed E-state index contributed by atoms with van der Waals surface area (Å²) in [7, 11) is 0. The number of benzene rings is 2. The van der Waals surface area contributed by atoms with E-state index in [1.807, 2.05) is 24.3 Å². The first kappa shape index (κ1) is 19.0. The number of nitrogens with one attached hydrogen (secondary N) is 1. The summed E-state index contributed by atoms with van der Waals surface area (Å²) in [6, 6.07) is 10.6. The smallest absolute Gasteiger partial charge is 0.301 e. The highest BCUT2D eigenvalue weighted by atomic mass is 16.6. The molecule has 2 aromatic carbocycles. The summed E-state index contributed by atoms with van der Waals surface area (Å²) in [6.45, 7) is 2.39. The summed E-state index contributed by atoms with van der Waals surface area (Å²) in [6.07, 6.45) is 1.35. The summed E-state index contributed by atoms with van der Waals surface area (Å²) in [5.74, 6) is 0.0753. The zero-order valence-electron chi connectivity index (χ0n) is 15.0. The van der Waals surface area contributed by atoms with Crippen LogP contribution in [0.1, 0.15) is 25.3 Å². The largest absolute Gasteiger partial charge is 0.312 e.